The van der Waals surface area contributed by atoms with Gasteiger partial charge >= 0.3 is 31.6 Å². The number of benzene rings is 1. The van der Waals surface area contributed by atoms with E-state index >= 15 is 0 Å². The standard InChI is InChI=1S/C26H36N3O12P/c1-15(2)38-21(31)13-18(23(33)39-16(3)4)28-42(36,41-17-9-7-6-8-10-17)37-14-19-22(32)26(5,35)24(40-19)29-12-11-20(30)27-25(29)34/h6-10,12,15-16,18-19,22,24,32,35H,11,13-14H2,1-5H3,(H-,27,28,30,34,36)/p+1/t18-,19+,22+,24+,26+,42+/m0/s1. The van der Waals surface area contributed by atoms with Crippen molar-refractivity contribution < 1.29 is 61.8 Å². The minimum absolute atomic E-state index is 0.0797. The maximum Gasteiger partial charge on any atom is 0.500 e. The fraction of sp³-hybridized carbons (Fsp3) is 0.577. The summed E-state index contributed by atoms with van der Waals surface area (Å²) in [7, 11) is -4.55. The van der Waals surface area contributed by atoms with Gasteiger partial charge in [-0.15, -0.1) is 0 Å². The first-order chi connectivity index (χ1) is 19.6. The van der Waals surface area contributed by atoms with Crippen LogP contribution in [0.25, 0.3) is 0 Å². The number of aliphatic hydroxyl groups is 2. The molecule has 6 atom stereocenters. The Labute approximate surface area is 242 Å². The molecule has 0 spiro atoms. The van der Waals surface area contributed by atoms with Gasteiger partial charge in [-0.1, -0.05) is 18.2 Å². The van der Waals surface area contributed by atoms with Crippen LogP contribution < -0.4 is 14.9 Å². The quantitative estimate of drug-likeness (QED) is 0.140. The minimum atomic E-state index is -4.55. The molecule has 3 rings (SSSR count). The number of carbonyl (C=O) groups excluding carboxylic acids is 4. The third-order valence-corrected chi connectivity index (χ3v) is 7.60. The van der Waals surface area contributed by atoms with E-state index in [1.165, 1.54) is 25.3 Å². The Morgan fingerprint density at radius 1 is 1.17 bits per heavy atom. The highest BCUT2D eigenvalue weighted by Crippen LogP contribution is 2.46. The van der Waals surface area contributed by atoms with Gasteiger partial charge in [-0.05, 0) is 46.8 Å². The molecule has 0 aromatic heterocycles. The summed E-state index contributed by atoms with van der Waals surface area (Å²) in [5.41, 5.74) is -2.04. The summed E-state index contributed by atoms with van der Waals surface area (Å²) in [6.45, 7) is 6.98. The lowest BCUT2D eigenvalue weighted by atomic mass is 9.96. The number of hydrogen-bond donors (Lipinski definition) is 4. The van der Waals surface area contributed by atoms with Crippen LogP contribution in [0.5, 0.6) is 5.75 Å². The molecule has 0 aliphatic carbocycles. The molecule has 1 aromatic carbocycles. The summed E-state index contributed by atoms with van der Waals surface area (Å²) < 4.78 is 42.3. The number of carbonyl (C=O) groups is 4. The van der Waals surface area contributed by atoms with Gasteiger partial charge in [-0.3, -0.25) is 14.1 Å². The van der Waals surface area contributed by atoms with E-state index in [-0.39, 0.29) is 12.2 Å². The molecule has 1 fully saturated rings. The average molecular weight is 615 g/mol. The molecule has 1 saturated heterocycles. The number of ether oxygens (including phenoxy) is 3. The van der Waals surface area contributed by atoms with E-state index in [0.29, 0.717) is 0 Å². The molecular weight excluding hydrogens is 577 g/mol. The van der Waals surface area contributed by atoms with Gasteiger partial charge in [-0.2, -0.15) is 19.8 Å². The number of nitrogens with one attached hydrogen (secondary N) is 2. The van der Waals surface area contributed by atoms with Gasteiger partial charge in [0.25, 0.3) is 0 Å². The highest BCUT2D eigenvalue weighted by molar-refractivity contribution is 7.52. The number of hydrogen-bond acceptors (Lipinski definition) is 12. The summed E-state index contributed by atoms with van der Waals surface area (Å²) in [4.78, 5) is 49.2. The zero-order valence-corrected chi connectivity index (χ0v) is 24.8. The van der Waals surface area contributed by atoms with Gasteiger partial charge in [0.05, 0.1) is 31.5 Å². The summed E-state index contributed by atoms with van der Waals surface area (Å²) in [5.74, 6) is -2.18. The highest BCUT2D eigenvalue weighted by atomic mass is 31.2. The van der Waals surface area contributed by atoms with E-state index < -0.39 is 86.9 Å². The fourth-order valence-corrected chi connectivity index (χ4v) is 5.63. The average Bonchev–Trinajstić information content (AvgIpc) is 3.10. The van der Waals surface area contributed by atoms with Crippen LogP contribution >= 0.6 is 7.75 Å². The second-order valence-electron chi connectivity index (χ2n) is 10.5. The lowest BCUT2D eigenvalue weighted by molar-refractivity contribution is -0.546. The maximum atomic E-state index is 14.0. The molecule has 1 aromatic rings. The Balaban J connectivity index is 1.85. The first-order valence-corrected chi connectivity index (χ1v) is 14.8. The third kappa shape index (κ3) is 8.66. The summed E-state index contributed by atoms with van der Waals surface area (Å²) in [6, 6.07) is 5.43. The van der Waals surface area contributed by atoms with Crippen molar-refractivity contribution in [3.8, 4) is 5.75 Å². The Kier molecular flexibility index (Phi) is 11.0. The van der Waals surface area contributed by atoms with Crippen LogP contribution in [0.15, 0.2) is 30.3 Å². The lowest BCUT2D eigenvalue weighted by Crippen LogP contribution is -2.55. The molecule has 2 aliphatic heterocycles. The number of esters is 2. The van der Waals surface area contributed by atoms with E-state index in [4.69, 9.17) is 23.3 Å². The van der Waals surface area contributed by atoms with Gasteiger partial charge in [0.15, 0.2) is 5.60 Å². The summed E-state index contributed by atoms with van der Waals surface area (Å²) >= 11 is 0. The zero-order valence-electron chi connectivity index (χ0n) is 23.9. The smallest absolute Gasteiger partial charge is 0.463 e. The second kappa shape index (κ2) is 13.8. The Morgan fingerprint density at radius 3 is 2.40 bits per heavy atom. The number of nitrogens with zero attached hydrogens (tertiary/aromatic N) is 1. The van der Waals surface area contributed by atoms with E-state index in [9.17, 15) is 34.0 Å². The van der Waals surface area contributed by atoms with Crippen LogP contribution in [0.2, 0.25) is 0 Å². The van der Waals surface area contributed by atoms with Crippen molar-refractivity contribution in [2.24, 2.45) is 0 Å². The van der Waals surface area contributed by atoms with Crippen LogP contribution in [0.4, 0.5) is 4.79 Å². The topological polar surface area (TPSA) is 199 Å². The number of urea groups is 1. The first kappa shape index (κ1) is 33.3. The lowest BCUT2D eigenvalue weighted by Gasteiger charge is -2.27. The first-order valence-electron chi connectivity index (χ1n) is 13.3. The molecule has 0 saturated carbocycles. The van der Waals surface area contributed by atoms with Crippen LogP contribution in [0, 0.1) is 0 Å². The number of aliphatic hydroxyl groups excluding tert-OH is 1. The van der Waals surface area contributed by atoms with Crippen molar-refractivity contribution in [2.45, 2.75) is 89.7 Å². The molecular formula is C26H37N3O12P+. The molecule has 4 N–H and O–H groups in total. The Bertz CT molecular complexity index is 1240. The SMILES string of the molecule is CC(C)OC(=O)C[C@H](N[P@@](=O)(OC[C@H]1O[C@@H]([N+]2=CCC(=O)NC2=O)[C@](C)(O)[C@@H]1O)Oc1ccccc1)C(=O)OC(C)C. The van der Waals surface area contributed by atoms with E-state index in [1.807, 2.05) is 0 Å². The normalized spacial score (nSPS) is 26.3. The number of amides is 3. The monoisotopic (exact) mass is 614 g/mol. The molecule has 16 heteroatoms. The predicted molar refractivity (Wildman–Crippen MR) is 144 cm³/mol. The molecule has 2 heterocycles. The minimum Gasteiger partial charge on any atom is -0.463 e. The molecule has 3 amide bonds. The number of imide groups is 1. The van der Waals surface area contributed by atoms with Gasteiger partial charge in [0.1, 0.15) is 30.4 Å². The predicted octanol–water partition coefficient (Wildman–Crippen LogP) is 1.00. The van der Waals surface area contributed by atoms with E-state index in [2.05, 4.69) is 10.4 Å². The van der Waals surface area contributed by atoms with Crippen LogP contribution in [0.1, 0.15) is 47.5 Å². The van der Waals surface area contributed by atoms with Crippen LogP contribution in [-0.4, -0.2) is 93.8 Å². The second-order valence-corrected chi connectivity index (χ2v) is 12.1. The van der Waals surface area contributed by atoms with Crippen molar-refractivity contribution in [3.05, 3.63) is 30.3 Å². The van der Waals surface area contributed by atoms with Crippen molar-refractivity contribution >= 4 is 37.8 Å². The molecule has 0 unspecified atom stereocenters. The van der Waals surface area contributed by atoms with Gasteiger partial charge < -0.3 is 28.9 Å². The number of para-hydroxylation sites is 1. The molecule has 15 nitrogen and oxygen atoms in total. The largest absolute Gasteiger partial charge is 0.500 e. The van der Waals surface area contributed by atoms with Crippen LogP contribution in [0.3, 0.4) is 0 Å². The van der Waals surface area contributed by atoms with Gasteiger partial charge in [0, 0.05) is 0 Å². The molecule has 42 heavy (non-hydrogen) atoms. The van der Waals surface area contributed by atoms with E-state index in [1.54, 1.807) is 45.9 Å². The Morgan fingerprint density at radius 2 is 1.81 bits per heavy atom. The van der Waals surface area contributed by atoms with Gasteiger partial charge in [-0.25, -0.2) is 9.36 Å². The third-order valence-electron chi connectivity index (χ3n) is 6.03. The maximum absolute atomic E-state index is 14.0. The van der Waals surface area contributed by atoms with Crippen molar-refractivity contribution in [3.63, 3.8) is 0 Å². The molecule has 232 valence electrons. The molecule has 0 radical (unpaired) electrons. The van der Waals surface area contributed by atoms with Gasteiger partial charge in [0.2, 0.25) is 6.23 Å². The summed E-state index contributed by atoms with van der Waals surface area (Å²) in [5, 5.41) is 26.4. The van der Waals surface area contributed by atoms with E-state index in [0.717, 1.165) is 4.58 Å². The van der Waals surface area contributed by atoms with Crippen LogP contribution in [-0.2, 0) is 37.7 Å². The number of rotatable bonds is 13. The van der Waals surface area contributed by atoms with Crippen molar-refractivity contribution in [1.29, 1.82) is 0 Å². The Hall–Kier alpha value is -3.20. The summed E-state index contributed by atoms with van der Waals surface area (Å²) in [6.07, 6.45) is -5.04. The van der Waals surface area contributed by atoms with Crippen molar-refractivity contribution in [1.82, 2.24) is 10.4 Å². The molecule has 0 bridgehead atoms. The highest BCUT2D eigenvalue weighted by Gasteiger charge is 2.58. The fourth-order valence-electron chi connectivity index (χ4n) is 4.13. The zero-order chi connectivity index (χ0) is 31.2. The molecule has 2 aliphatic rings. The van der Waals surface area contributed by atoms with Crippen molar-refractivity contribution in [2.75, 3.05) is 6.61 Å².